The Labute approximate surface area is 185 Å². The SMILES string of the molecule is CC(C)N(Cc1cn2c(N3CCN(C)CC3)cccc2n1)C1CCCc2cccnc21. The van der Waals surface area contributed by atoms with Crippen molar-refractivity contribution in [3.63, 3.8) is 0 Å². The smallest absolute Gasteiger partial charge is 0.138 e. The zero-order valence-corrected chi connectivity index (χ0v) is 19.0. The van der Waals surface area contributed by atoms with Crippen molar-refractivity contribution in [3.8, 4) is 0 Å². The van der Waals surface area contributed by atoms with Gasteiger partial charge in [-0.15, -0.1) is 0 Å². The largest absolute Gasteiger partial charge is 0.355 e. The van der Waals surface area contributed by atoms with E-state index in [4.69, 9.17) is 9.97 Å². The van der Waals surface area contributed by atoms with Crippen LogP contribution in [0, 0.1) is 0 Å². The summed E-state index contributed by atoms with van der Waals surface area (Å²) in [5.41, 5.74) is 4.86. The van der Waals surface area contributed by atoms with Crippen LogP contribution in [0.5, 0.6) is 0 Å². The van der Waals surface area contributed by atoms with Crippen LogP contribution in [0.15, 0.2) is 42.7 Å². The Kier molecular flexibility index (Phi) is 5.67. The fraction of sp³-hybridized carbons (Fsp3) is 0.520. The highest BCUT2D eigenvalue weighted by Gasteiger charge is 2.29. The van der Waals surface area contributed by atoms with E-state index in [1.807, 2.05) is 6.20 Å². The molecule has 0 N–H and O–H groups in total. The third kappa shape index (κ3) is 4.06. The molecule has 3 aromatic rings. The first-order valence-electron chi connectivity index (χ1n) is 11.7. The van der Waals surface area contributed by atoms with Crippen molar-refractivity contribution in [2.75, 3.05) is 38.1 Å². The fourth-order valence-corrected chi connectivity index (χ4v) is 5.16. The van der Waals surface area contributed by atoms with Crippen molar-refractivity contribution in [1.29, 1.82) is 0 Å². The number of likely N-dealkylation sites (N-methyl/N-ethyl adjacent to an activating group) is 1. The predicted octanol–water partition coefficient (Wildman–Crippen LogP) is 3.77. The zero-order chi connectivity index (χ0) is 21.4. The van der Waals surface area contributed by atoms with Gasteiger partial charge in [0, 0.05) is 51.2 Å². The summed E-state index contributed by atoms with van der Waals surface area (Å²) in [6.07, 6.45) is 7.74. The van der Waals surface area contributed by atoms with E-state index in [2.05, 4.69) is 76.5 Å². The summed E-state index contributed by atoms with van der Waals surface area (Å²) in [5, 5.41) is 0. The Morgan fingerprint density at radius 3 is 2.74 bits per heavy atom. The van der Waals surface area contributed by atoms with E-state index in [0.717, 1.165) is 50.5 Å². The molecule has 31 heavy (non-hydrogen) atoms. The van der Waals surface area contributed by atoms with Crippen molar-refractivity contribution in [1.82, 2.24) is 24.2 Å². The second-order valence-electron chi connectivity index (χ2n) is 9.36. The monoisotopic (exact) mass is 418 g/mol. The van der Waals surface area contributed by atoms with E-state index in [1.54, 1.807) is 0 Å². The molecule has 6 nitrogen and oxygen atoms in total. The lowest BCUT2D eigenvalue weighted by atomic mass is 9.90. The van der Waals surface area contributed by atoms with Gasteiger partial charge < -0.3 is 9.80 Å². The van der Waals surface area contributed by atoms with E-state index < -0.39 is 0 Å². The Balaban J connectivity index is 1.43. The molecule has 0 saturated carbocycles. The Morgan fingerprint density at radius 1 is 1.10 bits per heavy atom. The number of fused-ring (bicyclic) bond motifs is 2. The minimum atomic E-state index is 0.367. The second kappa shape index (κ2) is 8.60. The van der Waals surface area contributed by atoms with Crippen LogP contribution < -0.4 is 4.90 Å². The number of imidazole rings is 1. The lowest BCUT2D eigenvalue weighted by Crippen LogP contribution is -2.45. The summed E-state index contributed by atoms with van der Waals surface area (Å²) in [4.78, 5) is 17.3. The topological polar surface area (TPSA) is 39.9 Å². The summed E-state index contributed by atoms with van der Waals surface area (Å²) >= 11 is 0. The molecule has 0 spiro atoms. The number of rotatable bonds is 5. The van der Waals surface area contributed by atoms with Gasteiger partial charge in [-0.3, -0.25) is 14.3 Å². The van der Waals surface area contributed by atoms with Gasteiger partial charge in [-0.25, -0.2) is 4.98 Å². The van der Waals surface area contributed by atoms with Gasteiger partial charge in [-0.2, -0.15) is 0 Å². The Bertz CT molecular complexity index is 1030. The molecule has 0 radical (unpaired) electrons. The van der Waals surface area contributed by atoms with E-state index in [-0.39, 0.29) is 0 Å². The third-order valence-corrected chi connectivity index (χ3v) is 6.92. The molecular weight excluding hydrogens is 384 g/mol. The van der Waals surface area contributed by atoms with Crippen molar-refractivity contribution in [2.45, 2.75) is 51.7 Å². The van der Waals surface area contributed by atoms with Crippen molar-refractivity contribution >= 4 is 11.5 Å². The number of nitrogens with zero attached hydrogens (tertiary/aromatic N) is 6. The van der Waals surface area contributed by atoms with Gasteiger partial charge >= 0.3 is 0 Å². The highest BCUT2D eigenvalue weighted by molar-refractivity contribution is 5.53. The van der Waals surface area contributed by atoms with Crippen LogP contribution in [0.25, 0.3) is 5.65 Å². The molecule has 1 fully saturated rings. The summed E-state index contributed by atoms with van der Waals surface area (Å²) in [6, 6.07) is 11.6. The fourth-order valence-electron chi connectivity index (χ4n) is 5.16. The standard InChI is InChI=1S/C25H34N6/c1-19(2)30(22-9-4-7-20-8-6-12-26-25(20)22)17-21-18-31-23(27-21)10-5-11-24(31)29-15-13-28(3)14-16-29/h5-6,8,10-12,18-19,22H,4,7,9,13-17H2,1-3H3. The number of anilines is 1. The average molecular weight is 419 g/mol. The number of aromatic nitrogens is 3. The molecule has 6 heteroatoms. The maximum absolute atomic E-state index is 5.02. The van der Waals surface area contributed by atoms with Gasteiger partial charge in [-0.05, 0) is 63.9 Å². The van der Waals surface area contributed by atoms with E-state index in [9.17, 15) is 0 Å². The van der Waals surface area contributed by atoms with Gasteiger partial charge in [-0.1, -0.05) is 12.1 Å². The number of piperazine rings is 1. The maximum atomic E-state index is 5.02. The van der Waals surface area contributed by atoms with E-state index >= 15 is 0 Å². The lowest BCUT2D eigenvalue weighted by Gasteiger charge is -2.37. The predicted molar refractivity (Wildman–Crippen MR) is 125 cm³/mol. The number of hydrogen-bond acceptors (Lipinski definition) is 5. The minimum absolute atomic E-state index is 0.367. The quantitative estimate of drug-likeness (QED) is 0.631. The molecule has 3 aromatic heterocycles. The zero-order valence-electron chi connectivity index (χ0n) is 19.0. The molecule has 1 atom stereocenters. The van der Waals surface area contributed by atoms with Crippen LogP contribution in [0.2, 0.25) is 0 Å². The number of aryl methyl sites for hydroxylation is 1. The maximum Gasteiger partial charge on any atom is 0.138 e. The molecule has 1 aliphatic heterocycles. The van der Waals surface area contributed by atoms with Crippen LogP contribution in [0.1, 0.15) is 49.7 Å². The van der Waals surface area contributed by atoms with Gasteiger partial charge in [0.1, 0.15) is 11.5 Å². The first-order valence-corrected chi connectivity index (χ1v) is 11.7. The van der Waals surface area contributed by atoms with E-state index in [0.29, 0.717) is 12.1 Å². The van der Waals surface area contributed by atoms with Gasteiger partial charge in [0.15, 0.2) is 0 Å². The van der Waals surface area contributed by atoms with Gasteiger partial charge in [0.05, 0.1) is 17.4 Å². The lowest BCUT2D eigenvalue weighted by molar-refractivity contribution is 0.124. The summed E-state index contributed by atoms with van der Waals surface area (Å²) in [5.74, 6) is 1.25. The molecular formula is C25H34N6. The molecule has 4 heterocycles. The molecule has 2 aliphatic rings. The molecule has 164 valence electrons. The van der Waals surface area contributed by atoms with Gasteiger partial charge in [0.25, 0.3) is 0 Å². The number of hydrogen-bond donors (Lipinski definition) is 0. The first kappa shape index (κ1) is 20.5. The molecule has 1 aliphatic carbocycles. The summed E-state index contributed by atoms with van der Waals surface area (Å²) < 4.78 is 2.28. The van der Waals surface area contributed by atoms with Gasteiger partial charge in [0.2, 0.25) is 0 Å². The van der Waals surface area contributed by atoms with Crippen molar-refractivity contribution in [2.24, 2.45) is 0 Å². The highest BCUT2D eigenvalue weighted by atomic mass is 15.3. The van der Waals surface area contributed by atoms with Crippen molar-refractivity contribution < 1.29 is 0 Å². The molecule has 5 rings (SSSR count). The molecule has 0 amide bonds. The average Bonchev–Trinajstić information content (AvgIpc) is 3.20. The van der Waals surface area contributed by atoms with E-state index in [1.165, 1.54) is 29.9 Å². The second-order valence-corrected chi connectivity index (χ2v) is 9.36. The number of pyridine rings is 2. The van der Waals surface area contributed by atoms with Crippen LogP contribution in [0.3, 0.4) is 0 Å². The van der Waals surface area contributed by atoms with Crippen LogP contribution in [-0.2, 0) is 13.0 Å². The molecule has 1 saturated heterocycles. The van der Waals surface area contributed by atoms with Crippen molar-refractivity contribution in [3.05, 3.63) is 59.7 Å². The first-order chi connectivity index (χ1) is 15.1. The Morgan fingerprint density at radius 2 is 1.94 bits per heavy atom. The molecule has 0 bridgehead atoms. The van der Waals surface area contributed by atoms with Crippen LogP contribution in [0.4, 0.5) is 5.82 Å². The van der Waals surface area contributed by atoms with Crippen LogP contribution in [-0.4, -0.2) is 63.4 Å². The Hall–Kier alpha value is -2.44. The molecule has 0 aromatic carbocycles. The minimum Gasteiger partial charge on any atom is -0.355 e. The third-order valence-electron chi connectivity index (χ3n) is 6.92. The summed E-state index contributed by atoms with van der Waals surface area (Å²) in [7, 11) is 2.20. The molecule has 1 unspecified atom stereocenters. The normalized spacial score (nSPS) is 20.0. The highest BCUT2D eigenvalue weighted by Crippen LogP contribution is 2.35. The van der Waals surface area contributed by atoms with Crippen LogP contribution >= 0.6 is 0 Å². The summed E-state index contributed by atoms with van der Waals surface area (Å²) in [6.45, 7) is 9.77.